The summed E-state index contributed by atoms with van der Waals surface area (Å²) in [6.45, 7) is 0.310. The fourth-order valence-electron chi connectivity index (χ4n) is 6.84. The van der Waals surface area contributed by atoms with Gasteiger partial charge in [-0.25, -0.2) is 9.97 Å². The number of benzene rings is 4. The first-order valence-corrected chi connectivity index (χ1v) is 19.4. The van der Waals surface area contributed by atoms with Gasteiger partial charge < -0.3 is 19.2 Å². The van der Waals surface area contributed by atoms with E-state index in [0.29, 0.717) is 16.6 Å². The molecule has 2 N–H and O–H groups in total. The van der Waals surface area contributed by atoms with Gasteiger partial charge in [0.2, 0.25) is 0 Å². The van der Waals surface area contributed by atoms with Crippen LogP contribution in [0.15, 0.2) is 159 Å². The minimum absolute atomic E-state index is 0.310. The lowest BCUT2D eigenvalue weighted by molar-refractivity contribution is 0.158. The lowest BCUT2D eigenvalue weighted by Gasteiger charge is -2.17. The van der Waals surface area contributed by atoms with Crippen molar-refractivity contribution >= 4 is 79.7 Å². The molecule has 0 aliphatic carbocycles. The van der Waals surface area contributed by atoms with Crippen molar-refractivity contribution in [3.05, 3.63) is 156 Å². The molecular formula is C43H31Cl2N5OS2. The second-order valence-corrected chi connectivity index (χ2v) is 15.9. The van der Waals surface area contributed by atoms with Crippen molar-refractivity contribution in [1.29, 1.82) is 0 Å². The minimum atomic E-state index is -0.804. The monoisotopic (exact) mass is 767 g/mol. The molecule has 0 spiro atoms. The van der Waals surface area contributed by atoms with E-state index in [-0.39, 0.29) is 0 Å². The lowest BCUT2D eigenvalue weighted by Crippen LogP contribution is -2.10. The summed E-state index contributed by atoms with van der Waals surface area (Å²) in [4.78, 5) is 17.3. The summed E-state index contributed by atoms with van der Waals surface area (Å²) in [5.41, 5.74) is 7.64. The molecule has 0 radical (unpaired) electrons. The molecule has 10 heteroatoms. The van der Waals surface area contributed by atoms with Crippen LogP contribution in [0.3, 0.4) is 0 Å². The Hall–Kier alpha value is -4.96. The Morgan fingerprint density at radius 1 is 0.717 bits per heavy atom. The zero-order chi connectivity index (χ0) is 36.1. The van der Waals surface area contributed by atoms with Crippen molar-refractivity contribution in [2.45, 2.75) is 32.2 Å². The second kappa shape index (κ2) is 14.1. The van der Waals surface area contributed by atoms with Crippen LogP contribution in [0, 0.1) is 0 Å². The number of pyridine rings is 2. The average molecular weight is 769 g/mol. The average Bonchev–Trinajstić information content (AvgIpc) is 3.84. The fourth-order valence-corrected chi connectivity index (χ4v) is 9.25. The van der Waals surface area contributed by atoms with Crippen molar-refractivity contribution in [1.82, 2.24) is 24.1 Å². The normalized spacial score (nSPS) is 12.3. The van der Waals surface area contributed by atoms with Gasteiger partial charge in [-0.2, -0.15) is 0 Å². The second-order valence-electron chi connectivity index (χ2n) is 12.8. The van der Waals surface area contributed by atoms with E-state index >= 15 is 0 Å². The Bertz CT molecular complexity index is 2750. The van der Waals surface area contributed by atoms with Gasteiger partial charge in [0.15, 0.2) is 0 Å². The summed E-state index contributed by atoms with van der Waals surface area (Å²) in [6.07, 6.45) is 4.88. The summed E-state index contributed by atoms with van der Waals surface area (Å²) in [5, 5.41) is 16.6. The van der Waals surface area contributed by atoms with Crippen molar-refractivity contribution in [2.24, 2.45) is 7.05 Å². The zero-order valence-electron chi connectivity index (χ0n) is 28.4. The molecule has 9 rings (SSSR count). The van der Waals surface area contributed by atoms with Gasteiger partial charge in [0.1, 0.15) is 11.3 Å². The summed E-state index contributed by atoms with van der Waals surface area (Å²) >= 11 is 15.8. The summed E-state index contributed by atoms with van der Waals surface area (Å²) in [6, 6.07) is 40.7. The molecule has 1 unspecified atom stereocenters. The summed E-state index contributed by atoms with van der Waals surface area (Å²) < 4.78 is 4.29. The Morgan fingerprint density at radius 3 is 2.08 bits per heavy atom. The third-order valence-electron chi connectivity index (χ3n) is 9.46. The SMILES string of the molecule is Cn1ccc2cc(-c3c(Sc4ccc(Cl)cc4)c4cccnc4n3CC(O)c3ccc(-c4[nH]c5ncccc5c4Sc4ccc(Cl)cc4)cc3)ccc21. The topological polar surface area (TPSA) is 71.7 Å². The highest BCUT2D eigenvalue weighted by molar-refractivity contribution is 8.00. The predicted octanol–water partition coefficient (Wildman–Crippen LogP) is 12.1. The Balaban J connectivity index is 1.10. The first-order valence-electron chi connectivity index (χ1n) is 17.0. The molecule has 53 heavy (non-hydrogen) atoms. The van der Waals surface area contributed by atoms with Crippen LogP contribution in [0.5, 0.6) is 0 Å². The van der Waals surface area contributed by atoms with E-state index in [2.05, 4.69) is 80.9 Å². The van der Waals surface area contributed by atoms with E-state index in [1.54, 1.807) is 29.7 Å². The zero-order valence-corrected chi connectivity index (χ0v) is 31.5. The number of H-pyrrole nitrogens is 1. The molecule has 9 aromatic rings. The number of aromatic amines is 1. The minimum Gasteiger partial charge on any atom is -0.387 e. The van der Waals surface area contributed by atoms with Gasteiger partial charge in [0.25, 0.3) is 0 Å². The number of nitrogens with zero attached hydrogens (tertiary/aromatic N) is 4. The van der Waals surface area contributed by atoms with Crippen LogP contribution < -0.4 is 0 Å². The van der Waals surface area contributed by atoms with E-state index < -0.39 is 6.10 Å². The fraction of sp³-hybridized carbons (Fsp3) is 0.0698. The van der Waals surface area contributed by atoms with E-state index in [0.717, 1.165) is 80.6 Å². The Morgan fingerprint density at radius 2 is 1.36 bits per heavy atom. The van der Waals surface area contributed by atoms with Crippen molar-refractivity contribution in [3.8, 4) is 22.5 Å². The first-order chi connectivity index (χ1) is 25.9. The van der Waals surface area contributed by atoms with Crippen LogP contribution in [0.4, 0.5) is 0 Å². The van der Waals surface area contributed by atoms with E-state index in [1.165, 1.54) is 0 Å². The highest BCUT2D eigenvalue weighted by atomic mass is 35.5. The number of nitrogens with one attached hydrogen (secondary N) is 1. The number of aryl methyl sites for hydroxylation is 1. The smallest absolute Gasteiger partial charge is 0.141 e. The predicted molar refractivity (Wildman–Crippen MR) is 219 cm³/mol. The van der Waals surface area contributed by atoms with Crippen LogP contribution >= 0.6 is 46.7 Å². The molecule has 0 amide bonds. The maximum Gasteiger partial charge on any atom is 0.141 e. The number of aliphatic hydroxyl groups excluding tert-OH is 1. The van der Waals surface area contributed by atoms with Gasteiger partial charge in [-0.05, 0) is 102 Å². The number of aromatic nitrogens is 5. The summed E-state index contributed by atoms with van der Waals surface area (Å²) in [7, 11) is 2.06. The van der Waals surface area contributed by atoms with Crippen LogP contribution in [-0.4, -0.2) is 29.2 Å². The molecular weight excluding hydrogens is 738 g/mol. The third kappa shape index (κ3) is 6.51. The van der Waals surface area contributed by atoms with Crippen molar-refractivity contribution < 1.29 is 5.11 Å². The molecule has 0 aliphatic heterocycles. The highest BCUT2D eigenvalue weighted by Gasteiger charge is 2.24. The molecule has 0 saturated carbocycles. The molecule has 5 heterocycles. The molecule has 0 aliphatic rings. The van der Waals surface area contributed by atoms with Gasteiger partial charge in [-0.3, -0.25) is 0 Å². The number of hydrogen-bond donors (Lipinski definition) is 2. The molecule has 0 bridgehead atoms. The molecule has 0 saturated heterocycles. The molecule has 5 aromatic heterocycles. The number of rotatable bonds is 9. The maximum absolute atomic E-state index is 12.0. The molecule has 0 fully saturated rings. The number of halogens is 2. The Kier molecular flexibility index (Phi) is 9.02. The van der Waals surface area contributed by atoms with Crippen molar-refractivity contribution in [2.75, 3.05) is 0 Å². The van der Waals surface area contributed by atoms with Gasteiger partial charge in [0, 0.05) is 82.5 Å². The van der Waals surface area contributed by atoms with Crippen molar-refractivity contribution in [3.63, 3.8) is 0 Å². The maximum atomic E-state index is 12.0. The van der Waals surface area contributed by atoms with E-state index in [4.69, 9.17) is 28.2 Å². The van der Waals surface area contributed by atoms with E-state index in [1.807, 2.05) is 79.0 Å². The Labute approximate surface area is 324 Å². The van der Waals surface area contributed by atoms with Crippen LogP contribution in [-0.2, 0) is 13.6 Å². The third-order valence-corrected chi connectivity index (χ3v) is 12.2. The molecule has 4 aromatic carbocycles. The largest absolute Gasteiger partial charge is 0.387 e. The van der Waals surface area contributed by atoms with Crippen LogP contribution in [0.25, 0.3) is 55.5 Å². The van der Waals surface area contributed by atoms with Gasteiger partial charge in [0.05, 0.1) is 24.0 Å². The molecule has 1 atom stereocenters. The standard InChI is InChI=1S/C43H31Cl2N5OS2/c1-49-23-20-28-24-29(10-19-36(28)49)39-41(53-33-17-13-31(45)14-18-33)35-5-3-22-47-43(35)50(39)25-37(51)26-6-8-27(9-7-26)38-40(34-4-2-21-46-42(34)48-38)52-32-15-11-30(44)12-16-32/h2-24,37,51H,25H2,1H3,(H,46,48). The van der Waals surface area contributed by atoms with Crippen LogP contribution in [0.1, 0.15) is 11.7 Å². The van der Waals surface area contributed by atoms with Gasteiger partial charge >= 0.3 is 0 Å². The number of hydrogen-bond acceptors (Lipinski definition) is 5. The molecule has 260 valence electrons. The molecule has 6 nitrogen and oxygen atoms in total. The first kappa shape index (κ1) is 33.8. The van der Waals surface area contributed by atoms with Gasteiger partial charge in [-0.15, -0.1) is 0 Å². The summed E-state index contributed by atoms with van der Waals surface area (Å²) in [5.74, 6) is 0. The number of fused-ring (bicyclic) bond motifs is 3. The highest BCUT2D eigenvalue weighted by Crippen LogP contribution is 2.45. The van der Waals surface area contributed by atoms with E-state index in [9.17, 15) is 5.11 Å². The quantitative estimate of drug-likeness (QED) is 0.153. The number of aliphatic hydroxyl groups is 1. The van der Waals surface area contributed by atoms with Gasteiger partial charge in [-0.1, -0.05) is 77.1 Å². The lowest BCUT2D eigenvalue weighted by atomic mass is 10.0. The van der Waals surface area contributed by atoms with Crippen LogP contribution in [0.2, 0.25) is 10.0 Å².